The lowest BCUT2D eigenvalue weighted by Crippen LogP contribution is -2.48. The summed E-state index contributed by atoms with van der Waals surface area (Å²) in [6.45, 7) is 8.81. The lowest BCUT2D eigenvalue weighted by molar-refractivity contribution is 0.0502. The number of rotatable bonds is 9. The van der Waals surface area contributed by atoms with Gasteiger partial charge in [0, 0.05) is 45.8 Å². The molecular weight excluding hydrogens is 394 g/mol. The summed E-state index contributed by atoms with van der Waals surface area (Å²) in [5.41, 5.74) is 1.23. The summed E-state index contributed by atoms with van der Waals surface area (Å²) in [5, 5.41) is 9.46. The Morgan fingerprint density at radius 3 is 2.48 bits per heavy atom. The molecule has 174 valence electrons. The summed E-state index contributed by atoms with van der Waals surface area (Å²) in [6, 6.07) is 7.59. The molecule has 0 aromatic heterocycles. The van der Waals surface area contributed by atoms with Crippen LogP contribution < -0.4 is 16.0 Å². The number of guanidine groups is 1. The van der Waals surface area contributed by atoms with Gasteiger partial charge in [0.2, 0.25) is 0 Å². The molecule has 0 fully saturated rings. The van der Waals surface area contributed by atoms with Gasteiger partial charge < -0.3 is 25.6 Å². The number of benzene rings is 1. The molecule has 1 atom stereocenters. The van der Waals surface area contributed by atoms with Gasteiger partial charge in [0.1, 0.15) is 5.60 Å². The van der Waals surface area contributed by atoms with Crippen molar-refractivity contribution in [1.82, 2.24) is 20.9 Å². The normalized spacial score (nSPS) is 12.7. The highest BCUT2D eigenvalue weighted by Gasteiger charge is 2.19. The Bertz CT molecular complexity index is 741. The van der Waals surface area contributed by atoms with Crippen molar-refractivity contribution in [3.8, 4) is 0 Å². The monoisotopic (exact) mass is 433 g/mol. The molecule has 0 spiro atoms. The lowest BCUT2D eigenvalue weighted by atomic mass is 10.1. The fraction of sp³-hybridized carbons (Fsp3) is 0.609. The third kappa shape index (κ3) is 10.7. The van der Waals surface area contributed by atoms with Gasteiger partial charge in [0.15, 0.2) is 5.96 Å². The Morgan fingerprint density at radius 2 is 1.90 bits per heavy atom. The van der Waals surface area contributed by atoms with Crippen LogP contribution in [0.15, 0.2) is 29.3 Å². The summed E-state index contributed by atoms with van der Waals surface area (Å²) >= 11 is 0. The van der Waals surface area contributed by atoms with Crippen LogP contribution in [0.5, 0.6) is 0 Å². The fourth-order valence-corrected chi connectivity index (χ4v) is 2.93. The summed E-state index contributed by atoms with van der Waals surface area (Å²) in [6.07, 6.45) is 2.11. The molecule has 3 N–H and O–H groups in total. The predicted molar refractivity (Wildman–Crippen MR) is 126 cm³/mol. The second kappa shape index (κ2) is 12.8. The maximum absolute atomic E-state index is 12.1. The van der Waals surface area contributed by atoms with E-state index in [4.69, 9.17) is 4.74 Å². The minimum Gasteiger partial charge on any atom is -0.444 e. The number of carbonyl (C=O) groups excluding carboxylic acids is 2. The third-order valence-corrected chi connectivity index (χ3v) is 4.38. The van der Waals surface area contributed by atoms with Crippen LogP contribution in [0, 0.1) is 0 Å². The van der Waals surface area contributed by atoms with E-state index in [1.165, 1.54) is 0 Å². The van der Waals surface area contributed by atoms with Crippen LogP contribution in [0.3, 0.4) is 0 Å². The lowest BCUT2D eigenvalue weighted by Gasteiger charge is -2.24. The van der Waals surface area contributed by atoms with Gasteiger partial charge in [-0.15, -0.1) is 0 Å². The van der Waals surface area contributed by atoms with Crippen molar-refractivity contribution in [2.75, 3.05) is 34.2 Å². The molecule has 1 rings (SSSR count). The highest BCUT2D eigenvalue weighted by molar-refractivity contribution is 5.94. The molecule has 0 radical (unpaired) electrons. The fourth-order valence-electron chi connectivity index (χ4n) is 2.93. The molecule has 8 heteroatoms. The van der Waals surface area contributed by atoms with Crippen LogP contribution in [0.4, 0.5) is 4.79 Å². The van der Waals surface area contributed by atoms with Gasteiger partial charge in [0.05, 0.1) is 0 Å². The Morgan fingerprint density at radius 1 is 1.19 bits per heavy atom. The van der Waals surface area contributed by atoms with Crippen molar-refractivity contribution >= 4 is 18.0 Å². The molecule has 0 bridgehead atoms. The van der Waals surface area contributed by atoms with Crippen molar-refractivity contribution < 1.29 is 14.3 Å². The minimum atomic E-state index is -0.527. The van der Waals surface area contributed by atoms with Crippen molar-refractivity contribution in [3.63, 3.8) is 0 Å². The second-order valence-electron chi connectivity index (χ2n) is 8.66. The first-order chi connectivity index (χ1) is 14.6. The molecule has 31 heavy (non-hydrogen) atoms. The predicted octanol–water partition coefficient (Wildman–Crippen LogP) is 2.79. The topological polar surface area (TPSA) is 95.1 Å². The van der Waals surface area contributed by atoms with Crippen LogP contribution in [0.1, 0.15) is 56.5 Å². The van der Waals surface area contributed by atoms with Crippen LogP contribution in [-0.4, -0.2) is 68.7 Å². The average molecular weight is 434 g/mol. The molecule has 0 aliphatic carbocycles. The molecule has 1 unspecified atom stereocenters. The summed E-state index contributed by atoms with van der Waals surface area (Å²) < 4.78 is 5.35. The number of alkyl carbamates (subject to hydrolysis) is 1. The van der Waals surface area contributed by atoms with Crippen molar-refractivity contribution in [3.05, 3.63) is 35.4 Å². The summed E-state index contributed by atoms with van der Waals surface area (Å²) in [5.74, 6) is 0.652. The quantitative estimate of drug-likeness (QED) is 0.411. The number of nitrogens with one attached hydrogen (secondary N) is 3. The van der Waals surface area contributed by atoms with Gasteiger partial charge in [-0.05, 0) is 51.3 Å². The summed E-state index contributed by atoms with van der Waals surface area (Å²) in [7, 11) is 5.20. The Hall–Kier alpha value is -2.77. The van der Waals surface area contributed by atoms with E-state index in [0.717, 1.165) is 24.8 Å². The van der Waals surface area contributed by atoms with Gasteiger partial charge in [-0.1, -0.05) is 25.5 Å². The van der Waals surface area contributed by atoms with E-state index in [2.05, 4.69) is 27.9 Å². The molecule has 0 aliphatic rings. The number of nitrogens with zero attached hydrogens (tertiary/aromatic N) is 2. The third-order valence-electron chi connectivity index (χ3n) is 4.38. The molecule has 0 saturated heterocycles. The second-order valence-corrected chi connectivity index (χ2v) is 8.66. The molecule has 0 heterocycles. The number of ether oxygens (including phenoxy) is 1. The number of hydrogen-bond donors (Lipinski definition) is 3. The zero-order valence-corrected chi connectivity index (χ0v) is 20.0. The summed E-state index contributed by atoms with van der Waals surface area (Å²) in [4.78, 5) is 30.0. The van der Waals surface area contributed by atoms with E-state index in [1.54, 1.807) is 26.0 Å². The molecule has 1 aromatic rings. The van der Waals surface area contributed by atoms with Gasteiger partial charge >= 0.3 is 6.09 Å². The van der Waals surface area contributed by atoms with Crippen LogP contribution in [-0.2, 0) is 11.2 Å². The number of aliphatic imine (C=N–C) groups is 1. The standard InChI is InChI=1S/C23H39N5O3/c1-8-10-19(27-22(30)31-23(2,3)4)16-26-21(24-5)25-14-13-17-11-9-12-18(15-17)20(29)28(6)7/h9,11-12,15,19H,8,10,13-14,16H2,1-7H3,(H,27,30)(H2,24,25,26). The van der Waals surface area contributed by atoms with Crippen LogP contribution in [0.2, 0.25) is 0 Å². The van der Waals surface area contributed by atoms with E-state index in [-0.39, 0.29) is 11.9 Å². The zero-order valence-electron chi connectivity index (χ0n) is 20.0. The van der Waals surface area contributed by atoms with Crippen LogP contribution >= 0.6 is 0 Å². The van der Waals surface area contributed by atoms with E-state index < -0.39 is 11.7 Å². The van der Waals surface area contributed by atoms with Crippen molar-refractivity contribution in [2.24, 2.45) is 4.99 Å². The zero-order chi connectivity index (χ0) is 23.4. The SMILES string of the molecule is CCCC(CNC(=NC)NCCc1cccc(C(=O)N(C)C)c1)NC(=O)OC(C)(C)C. The largest absolute Gasteiger partial charge is 0.444 e. The van der Waals surface area contributed by atoms with E-state index in [0.29, 0.717) is 24.6 Å². The maximum atomic E-state index is 12.1. The number of amides is 2. The van der Waals surface area contributed by atoms with Gasteiger partial charge in [-0.3, -0.25) is 9.79 Å². The smallest absolute Gasteiger partial charge is 0.407 e. The van der Waals surface area contributed by atoms with E-state index >= 15 is 0 Å². The highest BCUT2D eigenvalue weighted by Crippen LogP contribution is 2.08. The molecule has 0 saturated carbocycles. The Kier molecular flexibility index (Phi) is 10.9. The first kappa shape index (κ1) is 26.3. The first-order valence-electron chi connectivity index (χ1n) is 10.8. The maximum Gasteiger partial charge on any atom is 0.407 e. The highest BCUT2D eigenvalue weighted by atomic mass is 16.6. The molecule has 1 aromatic carbocycles. The van der Waals surface area contributed by atoms with Crippen molar-refractivity contribution in [2.45, 2.75) is 58.6 Å². The average Bonchev–Trinajstić information content (AvgIpc) is 2.68. The Balaban J connectivity index is 2.53. The van der Waals surface area contributed by atoms with Crippen LogP contribution in [0.25, 0.3) is 0 Å². The van der Waals surface area contributed by atoms with E-state index in [1.807, 2.05) is 45.0 Å². The van der Waals surface area contributed by atoms with E-state index in [9.17, 15) is 9.59 Å². The van der Waals surface area contributed by atoms with Crippen molar-refractivity contribution in [1.29, 1.82) is 0 Å². The number of carbonyl (C=O) groups is 2. The number of hydrogen-bond acceptors (Lipinski definition) is 4. The Labute approximate surface area is 186 Å². The first-order valence-corrected chi connectivity index (χ1v) is 10.8. The molecule has 2 amide bonds. The molecule has 8 nitrogen and oxygen atoms in total. The van der Waals surface area contributed by atoms with Gasteiger partial charge in [0.25, 0.3) is 5.91 Å². The van der Waals surface area contributed by atoms with Gasteiger partial charge in [-0.25, -0.2) is 4.79 Å². The molecule has 0 aliphatic heterocycles. The van der Waals surface area contributed by atoms with Gasteiger partial charge in [-0.2, -0.15) is 0 Å². The molecular formula is C23H39N5O3. The minimum absolute atomic E-state index is 0.00765.